The Kier molecular flexibility index (Phi) is 1.54. The second-order valence-electron chi connectivity index (χ2n) is 3.57. The highest BCUT2D eigenvalue weighted by Gasteiger charge is 2.07. The lowest BCUT2D eigenvalue weighted by Gasteiger charge is -2.06. The van der Waals surface area contributed by atoms with Gasteiger partial charge in [-0.3, -0.25) is 4.79 Å². The molecule has 2 aliphatic rings. The molecular weight excluding hydrogens is 204 g/mol. The summed E-state index contributed by atoms with van der Waals surface area (Å²) in [6.45, 7) is 0. The molecule has 0 fully saturated rings. The van der Waals surface area contributed by atoms with E-state index in [1.54, 1.807) is 12.1 Å². The molecule has 1 N–H and O–H groups in total. The molecule has 3 nitrogen and oxygen atoms in total. The summed E-state index contributed by atoms with van der Waals surface area (Å²) < 4.78 is 13.5. The van der Waals surface area contributed by atoms with Gasteiger partial charge in [-0.25, -0.2) is 0 Å². The molecule has 0 atom stereocenters. The maximum Gasteiger partial charge on any atom is 0.182 e. The minimum absolute atomic E-state index is 0.0679. The molecule has 0 saturated carbocycles. The van der Waals surface area contributed by atoms with Crippen molar-refractivity contribution in [1.82, 2.24) is 0 Å². The van der Waals surface area contributed by atoms with Gasteiger partial charge >= 0.3 is 0 Å². The molecule has 0 saturated heterocycles. The van der Waals surface area contributed by atoms with E-state index < -0.39 is 0 Å². The second kappa shape index (κ2) is 3.10. The van der Waals surface area contributed by atoms with E-state index in [9.17, 15) is 9.90 Å². The Labute approximate surface area is 92.3 Å². The van der Waals surface area contributed by atoms with E-state index in [-0.39, 0.29) is 11.2 Å². The molecule has 0 spiro atoms. The van der Waals surface area contributed by atoms with E-state index >= 15 is 0 Å². The lowest BCUT2D eigenvalue weighted by molar-refractivity contribution is 0.474. The molecule has 16 heavy (non-hydrogen) atoms. The Balaban J connectivity index is 2.53. The monoisotopic (exact) mass is 213 g/mol. The fourth-order valence-electron chi connectivity index (χ4n) is 1.65. The molecule has 0 aromatic heterocycles. The molecule has 1 aromatic carbocycles. The number of hydrogen-bond donors (Lipinski definition) is 1. The van der Waals surface area contributed by atoms with Crippen LogP contribution in [0.2, 0.25) is 0 Å². The summed E-state index contributed by atoms with van der Waals surface area (Å²) in [6, 6.07) is 9.19. The molecule has 78 valence electrons. The highest BCUT2D eigenvalue weighted by atomic mass is 16.3. The van der Waals surface area contributed by atoms with E-state index in [1.165, 1.54) is 24.3 Å². The molecule has 0 unspecified atom stereocenters. The van der Waals surface area contributed by atoms with Crippen LogP contribution in [0.3, 0.4) is 0 Å². The first-order chi connectivity index (χ1) is 8.15. The number of aromatic hydroxyl groups is 1. The Morgan fingerprint density at radius 2 is 2.06 bits per heavy atom. The van der Waals surface area contributed by atoms with Crippen LogP contribution in [-0.4, -0.2) is 5.11 Å². The quantitative estimate of drug-likeness (QED) is 0.584. The van der Waals surface area contributed by atoms with Gasteiger partial charge in [-0.1, -0.05) is 0 Å². The third kappa shape index (κ3) is 1.34. The highest BCUT2D eigenvalue weighted by Crippen LogP contribution is 2.28. The fourth-order valence-corrected chi connectivity index (χ4v) is 1.65. The summed E-state index contributed by atoms with van der Waals surface area (Å²) in [5.74, 6) is 0.430. The van der Waals surface area contributed by atoms with Gasteiger partial charge < -0.3 is 9.52 Å². The molecule has 1 aliphatic heterocycles. The van der Waals surface area contributed by atoms with Crippen molar-refractivity contribution in [3.8, 4) is 17.1 Å². The summed E-state index contributed by atoms with van der Waals surface area (Å²) >= 11 is 0. The van der Waals surface area contributed by atoms with Crippen LogP contribution in [-0.2, 0) is 0 Å². The zero-order valence-electron chi connectivity index (χ0n) is 9.23. The average Bonchev–Trinajstić information content (AvgIpc) is 2.28. The lowest BCUT2D eigenvalue weighted by Crippen LogP contribution is -1.97. The summed E-state index contributed by atoms with van der Waals surface area (Å²) in [5, 5.41) is 9.97. The number of rotatable bonds is 0. The van der Waals surface area contributed by atoms with Crippen molar-refractivity contribution in [1.29, 1.82) is 0 Å². The van der Waals surface area contributed by atoms with Crippen LogP contribution in [0.1, 0.15) is 1.37 Å². The van der Waals surface area contributed by atoms with Gasteiger partial charge in [0.25, 0.3) is 0 Å². The number of benzene rings is 2. The van der Waals surface area contributed by atoms with Crippen molar-refractivity contribution in [2.24, 2.45) is 0 Å². The maximum atomic E-state index is 11.2. The van der Waals surface area contributed by atoms with Crippen LogP contribution < -0.4 is 5.43 Å². The first-order valence-corrected chi connectivity index (χ1v) is 4.81. The minimum atomic E-state index is -0.167. The molecule has 0 bridgehead atoms. The van der Waals surface area contributed by atoms with Crippen molar-refractivity contribution < 1.29 is 10.9 Å². The van der Waals surface area contributed by atoms with Crippen molar-refractivity contribution >= 4 is 11.0 Å². The maximum absolute atomic E-state index is 11.2. The molecule has 1 aliphatic carbocycles. The number of phenolic OH excluding ortho intramolecular Hbond substituents is 1. The molecular formula is C13H8O3. The van der Waals surface area contributed by atoms with Gasteiger partial charge in [0, 0.05) is 23.1 Å². The first-order valence-electron chi connectivity index (χ1n) is 5.31. The molecule has 1 aromatic rings. The van der Waals surface area contributed by atoms with E-state index in [4.69, 9.17) is 5.79 Å². The van der Waals surface area contributed by atoms with Crippen LogP contribution in [0, 0.1) is 0 Å². The summed E-state index contributed by atoms with van der Waals surface area (Å²) in [7, 11) is 0. The molecule has 3 rings (SSSR count). The van der Waals surface area contributed by atoms with Crippen LogP contribution in [0.25, 0.3) is 22.3 Å². The Morgan fingerprint density at radius 3 is 2.94 bits per heavy atom. The molecule has 1 heterocycles. The zero-order valence-corrected chi connectivity index (χ0v) is 8.23. The fraction of sp³-hybridized carbons (Fsp3) is 0. The second-order valence-corrected chi connectivity index (χ2v) is 3.57. The molecule has 3 heteroatoms. The third-order valence-corrected chi connectivity index (χ3v) is 2.41. The Morgan fingerprint density at radius 1 is 1.19 bits per heavy atom. The predicted octanol–water partition coefficient (Wildman–Crippen LogP) is 2.60. The third-order valence-electron chi connectivity index (χ3n) is 2.41. The van der Waals surface area contributed by atoms with E-state index in [0.29, 0.717) is 28.3 Å². The van der Waals surface area contributed by atoms with Gasteiger partial charge in [0.05, 0.1) is 1.37 Å². The summed E-state index contributed by atoms with van der Waals surface area (Å²) in [6.07, 6.45) is 0. The lowest BCUT2D eigenvalue weighted by atomic mass is 10.1. The smallest absolute Gasteiger partial charge is 0.182 e. The van der Waals surface area contributed by atoms with Gasteiger partial charge in [-0.2, -0.15) is 0 Å². The van der Waals surface area contributed by atoms with Crippen LogP contribution in [0.4, 0.5) is 0 Å². The molecule has 0 amide bonds. The summed E-state index contributed by atoms with van der Waals surface area (Å²) in [5.41, 5.74) is 0.816. The zero-order chi connectivity index (χ0) is 12.0. The minimum Gasteiger partial charge on any atom is -0.508 e. The van der Waals surface area contributed by atoms with Crippen molar-refractivity contribution in [2.45, 2.75) is 0 Å². The standard InChI is InChI=1S/C13H8O3/c14-10-3-1-8-5-9-2-4-11(15)7-13(9)16-12(8)6-10/h1-7,14H/i5D. The summed E-state index contributed by atoms with van der Waals surface area (Å²) in [4.78, 5) is 11.2. The van der Waals surface area contributed by atoms with Crippen molar-refractivity contribution in [3.05, 3.63) is 52.7 Å². The average molecular weight is 213 g/mol. The predicted molar refractivity (Wildman–Crippen MR) is 60.8 cm³/mol. The first kappa shape index (κ1) is 7.93. The van der Waals surface area contributed by atoms with Crippen LogP contribution >= 0.6 is 0 Å². The normalized spacial score (nSPS) is 11.9. The van der Waals surface area contributed by atoms with E-state index in [2.05, 4.69) is 0 Å². The number of hydrogen-bond acceptors (Lipinski definition) is 3. The van der Waals surface area contributed by atoms with Crippen molar-refractivity contribution in [2.75, 3.05) is 0 Å². The van der Waals surface area contributed by atoms with Gasteiger partial charge in [-0.05, 0) is 30.3 Å². The van der Waals surface area contributed by atoms with Gasteiger partial charge in [-0.15, -0.1) is 0 Å². The van der Waals surface area contributed by atoms with E-state index in [0.717, 1.165) is 0 Å². The van der Waals surface area contributed by atoms with E-state index in [1.807, 2.05) is 0 Å². The molecule has 0 radical (unpaired) electrons. The van der Waals surface area contributed by atoms with Crippen molar-refractivity contribution in [3.63, 3.8) is 0 Å². The SMILES string of the molecule is [2H]c1c2ccc(=O)cc-2oc2cc(O)ccc12. The topological polar surface area (TPSA) is 50.4 Å². The van der Waals surface area contributed by atoms with Crippen LogP contribution in [0.5, 0.6) is 5.75 Å². The Hall–Kier alpha value is -2.29. The van der Waals surface area contributed by atoms with Crippen LogP contribution in [0.15, 0.2) is 51.7 Å². The highest BCUT2D eigenvalue weighted by molar-refractivity contribution is 5.83. The largest absolute Gasteiger partial charge is 0.508 e. The number of phenols is 1. The van der Waals surface area contributed by atoms with Gasteiger partial charge in [0.15, 0.2) is 5.43 Å². The Bertz CT molecular complexity index is 745. The van der Waals surface area contributed by atoms with Gasteiger partial charge in [0.2, 0.25) is 0 Å². The van der Waals surface area contributed by atoms with Gasteiger partial charge in [0.1, 0.15) is 17.1 Å². The number of fused-ring (bicyclic) bond motifs is 2.